The number of alkyl halides is 1. The molecule has 1 aromatic carbocycles. The molecule has 0 spiro atoms. The molecule has 24 nitrogen and oxygen atoms in total. The van der Waals surface area contributed by atoms with Gasteiger partial charge in [-0.15, -0.1) is 0 Å². The smallest absolute Gasteiger partial charge is 0.408 e. The SMILES string of the molecule is CCCCC(C)c1nc2ncnc(N[C@H]3O[C@@H](CO)[C@H](NC(=O)[C@@H](CO)NC(=O)OCc4ccc(NC(=O)[C@H](C)NC(=O)[C@@H](NC(=O)CCN5C(=O)CC(C(I)(CC)CCC)C5=O)C(C)C)cc4)[C@@H](O)[C@@H]3O)c2[nH]1. The molecule has 2 fully saturated rings. The summed E-state index contributed by atoms with van der Waals surface area (Å²) in [6.07, 6.45) is -0.538. The van der Waals surface area contributed by atoms with Crippen LogP contribution in [0.1, 0.15) is 117 Å². The third-order valence-corrected chi connectivity index (χ3v) is 15.4. The first-order valence-corrected chi connectivity index (χ1v) is 26.2. The van der Waals surface area contributed by atoms with Gasteiger partial charge < -0.3 is 66.8 Å². The minimum Gasteiger partial charge on any atom is -0.445 e. The van der Waals surface area contributed by atoms with E-state index in [0.29, 0.717) is 28.2 Å². The van der Waals surface area contributed by atoms with Crippen LogP contribution < -0.4 is 31.9 Å². The highest BCUT2D eigenvalue weighted by atomic mass is 127. The summed E-state index contributed by atoms with van der Waals surface area (Å²) in [6, 6.07) is 1.10. The predicted molar refractivity (Wildman–Crippen MR) is 278 cm³/mol. The number of unbranched alkanes of at least 4 members (excludes halogenated alkanes) is 1. The van der Waals surface area contributed by atoms with E-state index in [1.54, 1.807) is 26.0 Å². The van der Waals surface area contributed by atoms with Gasteiger partial charge in [-0.1, -0.05) is 95.5 Å². The van der Waals surface area contributed by atoms with Crippen molar-refractivity contribution in [2.45, 2.75) is 164 Å². The number of hydrogen-bond donors (Lipinski definition) is 11. The quantitative estimate of drug-likeness (QED) is 0.0311. The molecule has 0 saturated carbocycles. The number of alkyl carbamates (subject to hydrolysis) is 1. The van der Waals surface area contributed by atoms with E-state index >= 15 is 0 Å². The van der Waals surface area contributed by atoms with E-state index in [0.717, 1.165) is 43.4 Å². The average Bonchev–Trinajstić information content (AvgIpc) is 3.95. The number of aliphatic hydroxyl groups excluding tert-OH is 4. The van der Waals surface area contributed by atoms with Crippen LogP contribution >= 0.6 is 22.6 Å². The van der Waals surface area contributed by atoms with Gasteiger partial charge in [-0.25, -0.2) is 19.7 Å². The number of benzene rings is 1. The molecule has 0 radical (unpaired) electrons. The largest absolute Gasteiger partial charge is 0.445 e. The Hall–Kier alpha value is -5.61. The lowest BCUT2D eigenvalue weighted by molar-refractivity contribution is -0.185. The zero-order valence-electron chi connectivity index (χ0n) is 42.9. The van der Waals surface area contributed by atoms with Crippen LogP contribution in [0.25, 0.3) is 11.2 Å². The fourth-order valence-electron chi connectivity index (χ4n) is 8.81. The predicted octanol–water partition coefficient (Wildman–Crippen LogP) is 2.00. The Morgan fingerprint density at radius 1 is 0.946 bits per heavy atom. The normalized spacial score (nSPS) is 22.3. The van der Waals surface area contributed by atoms with E-state index in [2.05, 4.69) is 81.4 Å². The minimum absolute atomic E-state index is 0.0978. The molecule has 2 saturated heterocycles. The summed E-state index contributed by atoms with van der Waals surface area (Å²) in [5.41, 5.74) is 1.62. The van der Waals surface area contributed by atoms with E-state index < -0.39 is 97.6 Å². The second kappa shape index (κ2) is 27.3. The molecular weight excluding hydrogens is 1080 g/mol. The Morgan fingerprint density at radius 2 is 1.66 bits per heavy atom. The Morgan fingerprint density at radius 3 is 2.30 bits per heavy atom. The number of fused-ring (bicyclic) bond motifs is 1. The number of likely N-dealkylation sites (tertiary alicyclic amines) is 1. The number of carbonyl (C=O) groups excluding carboxylic acids is 7. The van der Waals surface area contributed by atoms with Crippen LogP contribution in [0.3, 0.4) is 0 Å². The van der Waals surface area contributed by atoms with Crippen LogP contribution in [-0.2, 0) is 44.8 Å². The number of hydrogen-bond acceptors (Lipinski definition) is 17. The number of nitrogens with one attached hydrogen (secondary N) is 7. The van der Waals surface area contributed by atoms with Gasteiger partial charge in [-0.3, -0.25) is 33.7 Å². The summed E-state index contributed by atoms with van der Waals surface area (Å²) in [7, 11) is 0. The van der Waals surface area contributed by atoms with E-state index in [-0.39, 0.29) is 58.9 Å². The fourth-order valence-corrected chi connectivity index (χ4v) is 9.84. The minimum atomic E-state index is -1.70. The number of anilines is 2. The topological polar surface area (TPSA) is 349 Å². The Kier molecular flexibility index (Phi) is 21.8. The molecule has 5 rings (SSSR count). The average molecular weight is 1150 g/mol. The van der Waals surface area contributed by atoms with E-state index in [4.69, 9.17) is 9.47 Å². The Bertz CT molecular complexity index is 2430. The first kappa shape index (κ1) is 59.3. The van der Waals surface area contributed by atoms with Crippen LogP contribution in [0, 0.1) is 11.8 Å². The third-order valence-electron chi connectivity index (χ3n) is 13.4. The number of imide groups is 1. The number of imidazole rings is 1. The van der Waals surface area contributed by atoms with Crippen molar-refractivity contribution in [2.75, 3.05) is 30.4 Å². The van der Waals surface area contributed by atoms with E-state index in [9.17, 15) is 54.0 Å². The Labute approximate surface area is 443 Å². The van der Waals surface area contributed by atoms with Crippen LogP contribution in [0.2, 0.25) is 0 Å². The van der Waals surface area contributed by atoms with Gasteiger partial charge >= 0.3 is 6.09 Å². The summed E-state index contributed by atoms with van der Waals surface area (Å²) in [5, 5.41) is 58.0. The highest BCUT2D eigenvalue weighted by Crippen LogP contribution is 2.42. The molecule has 3 aromatic rings. The summed E-state index contributed by atoms with van der Waals surface area (Å²) in [5.74, 6) is -3.11. The van der Waals surface area contributed by atoms with Gasteiger partial charge in [0.1, 0.15) is 60.7 Å². The zero-order chi connectivity index (χ0) is 54.4. The standard InChI is InChI=1S/C49H72IN11O13/c1-8-11-12-26(6)40-57-37-41(59-40)51-24-52-42(37)60-46-39(67)38(66)36(32(22-63)74-46)58-44(69)31(21-62)55-48(72)73-23-28-13-15-29(16-14-28)54-43(68)27(7)53-45(70)35(25(4)5)56-33(64)17-19-61-34(65)20-30(47(61)71)49(50,10-3)18-9-2/h13-16,24-27,30-32,35-36,38-39,46,62-63,66-67H,8-12,17-23H2,1-7H3,(H,53,70)(H,54,68)(H,55,72)(H,56,64)(H,58,69)(H2,51,52,57,59,60)/t26?,27-,30?,31+,32-,35-,36-,38+,39-,46-,49?/m0/s1. The maximum Gasteiger partial charge on any atom is 0.408 e. The molecule has 3 unspecified atom stereocenters. The van der Waals surface area contributed by atoms with Gasteiger partial charge in [-0.2, -0.15) is 0 Å². The lowest BCUT2D eigenvalue weighted by atomic mass is 9.85. The monoisotopic (exact) mass is 1150 g/mol. The molecule has 7 amide bonds. The molecule has 11 atom stereocenters. The molecule has 74 heavy (non-hydrogen) atoms. The highest BCUT2D eigenvalue weighted by Gasteiger charge is 2.49. The number of carbonyl (C=O) groups is 7. The van der Waals surface area contributed by atoms with Gasteiger partial charge in [-0.05, 0) is 49.8 Å². The van der Waals surface area contributed by atoms with Crippen molar-refractivity contribution in [3.05, 3.63) is 42.0 Å². The van der Waals surface area contributed by atoms with Gasteiger partial charge in [0.05, 0.1) is 25.2 Å². The second-order valence-corrected chi connectivity index (χ2v) is 21.4. The van der Waals surface area contributed by atoms with Crippen molar-refractivity contribution in [1.82, 2.24) is 46.1 Å². The molecule has 2 aromatic heterocycles. The van der Waals surface area contributed by atoms with E-state index in [1.165, 1.54) is 25.4 Å². The number of amides is 7. The molecule has 2 aliphatic heterocycles. The summed E-state index contributed by atoms with van der Waals surface area (Å²) in [6.45, 7) is 11.1. The summed E-state index contributed by atoms with van der Waals surface area (Å²) >= 11 is 2.29. The van der Waals surface area contributed by atoms with Crippen molar-refractivity contribution in [3.8, 4) is 0 Å². The van der Waals surface area contributed by atoms with Gasteiger partial charge in [0.25, 0.3) is 0 Å². The lowest BCUT2D eigenvalue weighted by Crippen LogP contribution is -2.67. The number of H-pyrrole nitrogens is 1. The van der Waals surface area contributed by atoms with Crippen molar-refractivity contribution in [2.24, 2.45) is 11.8 Å². The zero-order valence-corrected chi connectivity index (χ0v) is 45.0. The van der Waals surface area contributed by atoms with Crippen molar-refractivity contribution in [1.29, 1.82) is 0 Å². The fraction of sp³-hybridized carbons (Fsp3) is 0.633. The number of aromatic amines is 1. The molecular formula is C49H72IN11O13. The van der Waals surface area contributed by atoms with Crippen molar-refractivity contribution in [3.63, 3.8) is 0 Å². The van der Waals surface area contributed by atoms with Gasteiger partial charge in [0.2, 0.25) is 35.4 Å². The number of aliphatic hydroxyl groups is 4. The highest BCUT2D eigenvalue weighted by molar-refractivity contribution is 14.1. The second-order valence-electron chi connectivity index (χ2n) is 19.2. The van der Waals surface area contributed by atoms with Crippen molar-refractivity contribution >= 4 is 86.8 Å². The molecule has 2 aliphatic rings. The number of halogens is 1. The van der Waals surface area contributed by atoms with Crippen LogP contribution in [0.15, 0.2) is 30.6 Å². The summed E-state index contributed by atoms with van der Waals surface area (Å²) < 4.78 is 10.8. The molecule has 0 aliphatic carbocycles. The van der Waals surface area contributed by atoms with E-state index in [1.807, 2.05) is 20.8 Å². The third kappa shape index (κ3) is 15.0. The molecule has 4 heterocycles. The maximum atomic E-state index is 13.3. The molecule has 11 N–H and O–H groups in total. The van der Waals surface area contributed by atoms with Gasteiger partial charge in [0, 0.05) is 34.4 Å². The van der Waals surface area contributed by atoms with Gasteiger partial charge in [0.15, 0.2) is 17.7 Å². The molecule has 408 valence electrons. The maximum absolute atomic E-state index is 13.3. The first-order chi connectivity index (χ1) is 35.2. The molecule has 0 bridgehead atoms. The van der Waals surface area contributed by atoms with Crippen molar-refractivity contribution < 1.29 is 63.5 Å². The molecule has 25 heteroatoms. The number of ether oxygens (including phenoxy) is 2. The first-order valence-electron chi connectivity index (χ1n) is 25.2. The Balaban J connectivity index is 1.06. The van der Waals surface area contributed by atoms with Crippen LogP contribution in [-0.4, -0.2) is 159 Å². The number of nitrogens with zero attached hydrogens (tertiary/aromatic N) is 4. The summed E-state index contributed by atoms with van der Waals surface area (Å²) in [4.78, 5) is 109. The number of aromatic nitrogens is 4. The van der Waals surface area contributed by atoms with Crippen LogP contribution in [0.5, 0.6) is 0 Å². The lowest BCUT2D eigenvalue weighted by Gasteiger charge is -2.43. The van der Waals surface area contributed by atoms with Crippen LogP contribution in [0.4, 0.5) is 16.3 Å². The number of rotatable bonds is 26.